The molecule has 7 nitrogen and oxygen atoms in total. The van der Waals surface area contributed by atoms with E-state index in [1.54, 1.807) is 24.0 Å². The monoisotopic (exact) mass is 417 g/mol. The van der Waals surface area contributed by atoms with Crippen LogP contribution in [0.25, 0.3) is 0 Å². The van der Waals surface area contributed by atoms with E-state index >= 15 is 0 Å². The van der Waals surface area contributed by atoms with Crippen LogP contribution in [0.1, 0.15) is 26.3 Å². The van der Waals surface area contributed by atoms with Crippen LogP contribution < -0.4 is 4.72 Å². The molecule has 1 aromatic carbocycles. The van der Waals surface area contributed by atoms with Crippen molar-refractivity contribution in [1.82, 2.24) is 14.5 Å². The third kappa shape index (κ3) is 6.64. The first kappa shape index (κ1) is 21.9. The highest BCUT2D eigenvalue weighted by molar-refractivity contribution is 7.89. The number of hydrogen-bond acceptors (Lipinski definition) is 5. The molecule has 1 heterocycles. The van der Waals surface area contributed by atoms with E-state index in [4.69, 9.17) is 16.3 Å². The van der Waals surface area contributed by atoms with Gasteiger partial charge in [0.15, 0.2) is 0 Å². The van der Waals surface area contributed by atoms with Gasteiger partial charge in [0.25, 0.3) is 0 Å². The highest BCUT2D eigenvalue weighted by Gasteiger charge is 2.26. The highest BCUT2D eigenvalue weighted by Crippen LogP contribution is 2.20. The van der Waals surface area contributed by atoms with Gasteiger partial charge in [-0.1, -0.05) is 17.7 Å². The summed E-state index contributed by atoms with van der Waals surface area (Å²) in [6.45, 7) is 10.6. The minimum Gasteiger partial charge on any atom is -0.444 e. The second-order valence-corrected chi connectivity index (χ2v) is 9.79. The number of amides is 1. The van der Waals surface area contributed by atoms with Gasteiger partial charge in [0, 0.05) is 44.3 Å². The lowest BCUT2D eigenvalue weighted by molar-refractivity contribution is 0.0147. The molecule has 1 amide bonds. The molecule has 1 saturated heterocycles. The number of nitrogens with zero attached hydrogens (tertiary/aromatic N) is 2. The normalized spacial score (nSPS) is 16.4. The number of carbonyl (C=O) groups excluding carboxylic acids is 1. The molecule has 1 fully saturated rings. The summed E-state index contributed by atoms with van der Waals surface area (Å²) in [5.74, 6) is 0. The number of ether oxygens (including phenoxy) is 1. The van der Waals surface area contributed by atoms with Gasteiger partial charge in [-0.2, -0.15) is 0 Å². The standard InChI is InChI=1S/C18H28ClN3O4S/c1-14-5-6-15(19)13-16(14)27(24,25)20-7-8-21-9-11-22(12-10-21)17(23)26-18(2,3)4/h5-6,13,20H,7-12H2,1-4H3. The minimum atomic E-state index is -3.60. The van der Waals surface area contributed by atoms with E-state index in [1.165, 1.54) is 6.07 Å². The second kappa shape index (κ2) is 8.77. The maximum Gasteiger partial charge on any atom is 0.410 e. The molecule has 1 aliphatic rings. The van der Waals surface area contributed by atoms with Crippen molar-refractivity contribution < 1.29 is 17.9 Å². The molecule has 152 valence electrons. The van der Waals surface area contributed by atoms with Crippen LogP contribution in [0.5, 0.6) is 0 Å². The van der Waals surface area contributed by atoms with Crippen molar-refractivity contribution in [2.24, 2.45) is 0 Å². The van der Waals surface area contributed by atoms with Crippen LogP contribution in [0.4, 0.5) is 4.79 Å². The fourth-order valence-corrected chi connectivity index (χ4v) is 4.29. The Balaban J connectivity index is 1.80. The summed E-state index contributed by atoms with van der Waals surface area (Å²) in [7, 11) is -3.60. The van der Waals surface area contributed by atoms with E-state index in [1.807, 2.05) is 20.8 Å². The lowest BCUT2D eigenvalue weighted by Gasteiger charge is -2.35. The Morgan fingerprint density at radius 3 is 2.44 bits per heavy atom. The predicted octanol–water partition coefficient (Wildman–Crippen LogP) is 2.48. The third-order valence-corrected chi connectivity index (χ3v) is 6.02. The molecule has 0 aliphatic carbocycles. The van der Waals surface area contributed by atoms with E-state index in [0.717, 1.165) is 0 Å². The van der Waals surface area contributed by atoms with Gasteiger partial charge >= 0.3 is 6.09 Å². The van der Waals surface area contributed by atoms with E-state index in [2.05, 4.69) is 9.62 Å². The van der Waals surface area contributed by atoms with Crippen molar-refractivity contribution in [3.05, 3.63) is 28.8 Å². The van der Waals surface area contributed by atoms with Gasteiger partial charge in [-0.3, -0.25) is 4.90 Å². The SMILES string of the molecule is Cc1ccc(Cl)cc1S(=O)(=O)NCCN1CCN(C(=O)OC(C)(C)C)CC1. The topological polar surface area (TPSA) is 79.0 Å². The van der Waals surface area contributed by atoms with Gasteiger partial charge in [-0.25, -0.2) is 17.9 Å². The van der Waals surface area contributed by atoms with Crippen LogP contribution >= 0.6 is 11.6 Å². The van der Waals surface area contributed by atoms with Gasteiger partial charge < -0.3 is 9.64 Å². The Bertz CT molecular complexity index is 769. The van der Waals surface area contributed by atoms with Crippen LogP contribution in [0, 0.1) is 6.92 Å². The van der Waals surface area contributed by atoms with Gasteiger partial charge in [0.2, 0.25) is 10.0 Å². The molecule has 0 unspecified atom stereocenters. The quantitative estimate of drug-likeness (QED) is 0.796. The van der Waals surface area contributed by atoms with Crippen LogP contribution in [0.15, 0.2) is 23.1 Å². The number of rotatable bonds is 5. The summed E-state index contributed by atoms with van der Waals surface area (Å²) in [4.78, 5) is 16.1. The Morgan fingerprint density at radius 2 is 1.85 bits per heavy atom. The molecule has 1 aliphatic heterocycles. The molecule has 0 atom stereocenters. The van der Waals surface area contributed by atoms with Crippen molar-refractivity contribution in [1.29, 1.82) is 0 Å². The number of hydrogen-bond donors (Lipinski definition) is 1. The molecule has 0 aromatic heterocycles. The number of halogens is 1. The van der Waals surface area contributed by atoms with Gasteiger partial charge in [-0.15, -0.1) is 0 Å². The lowest BCUT2D eigenvalue weighted by Crippen LogP contribution is -2.51. The average Bonchev–Trinajstić information content (AvgIpc) is 2.56. The molecular formula is C18H28ClN3O4S. The van der Waals surface area contributed by atoms with E-state index < -0.39 is 15.6 Å². The zero-order valence-electron chi connectivity index (χ0n) is 16.3. The van der Waals surface area contributed by atoms with Crippen LogP contribution in [0.2, 0.25) is 5.02 Å². The van der Waals surface area contributed by atoms with E-state index in [-0.39, 0.29) is 11.0 Å². The van der Waals surface area contributed by atoms with Crippen molar-refractivity contribution >= 4 is 27.7 Å². The minimum absolute atomic E-state index is 0.199. The summed E-state index contributed by atoms with van der Waals surface area (Å²) in [6, 6.07) is 4.81. The molecule has 0 spiro atoms. The van der Waals surface area contributed by atoms with Crippen molar-refractivity contribution in [2.45, 2.75) is 38.2 Å². The first-order valence-electron chi connectivity index (χ1n) is 8.94. The van der Waals surface area contributed by atoms with Gasteiger partial charge in [0.05, 0.1) is 4.90 Å². The fourth-order valence-electron chi connectivity index (χ4n) is 2.76. The summed E-state index contributed by atoms with van der Waals surface area (Å²) >= 11 is 5.92. The smallest absolute Gasteiger partial charge is 0.410 e. The van der Waals surface area contributed by atoms with E-state index in [9.17, 15) is 13.2 Å². The van der Waals surface area contributed by atoms with Crippen LogP contribution in [0.3, 0.4) is 0 Å². The van der Waals surface area contributed by atoms with Gasteiger partial charge in [0.1, 0.15) is 5.60 Å². The van der Waals surface area contributed by atoms with E-state index in [0.29, 0.717) is 49.9 Å². The first-order chi connectivity index (χ1) is 12.5. The zero-order valence-corrected chi connectivity index (χ0v) is 17.9. The van der Waals surface area contributed by atoms with Crippen molar-refractivity contribution in [2.75, 3.05) is 39.3 Å². The van der Waals surface area contributed by atoms with Crippen molar-refractivity contribution in [3.63, 3.8) is 0 Å². The van der Waals surface area contributed by atoms with Gasteiger partial charge in [-0.05, 0) is 45.4 Å². The molecule has 1 aromatic rings. The Kier molecular flexibility index (Phi) is 7.13. The molecule has 0 bridgehead atoms. The highest BCUT2D eigenvalue weighted by atomic mass is 35.5. The Hall–Kier alpha value is -1.35. The number of piperazine rings is 1. The molecule has 2 rings (SSSR count). The molecule has 0 saturated carbocycles. The third-order valence-electron chi connectivity index (χ3n) is 4.18. The van der Waals surface area contributed by atoms with Crippen LogP contribution in [-0.2, 0) is 14.8 Å². The predicted molar refractivity (Wildman–Crippen MR) is 106 cm³/mol. The number of benzene rings is 1. The summed E-state index contributed by atoms with van der Waals surface area (Å²) in [6.07, 6.45) is -0.306. The second-order valence-electron chi connectivity index (χ2n) is 7.62. The first-order valence-corrected chi connectivity index (χ1v) is 10.8. The lowest BCUT2D eigenvalue weighted by atomic mass is 10.2. The largest absolute Gasteiger partial charge is 0.444 e. The zero-order chi connectivity index (χ0) is 20.2. The summed E-state index contributed by atoms with van der Waals surface area (Å²) in [5.41, 5.74) is 0.142. The average molecular weight is 418 g/mol. The molecule has 27 heavy (non-hydrogen) atoms. The van der Waals surface area contributed by atoms with Crippen molar-refractivity contribution in [3.8, 4) is 0 Å². The molecule has 9 heteroatoms. The maximum atomic E-state index is 12.5. The fraction of sp³-hybridized carbons (Fsp3) is 0.611. The number of carbonyl (C=O) groups is 1. The summed E-state index contributed by atoms with van der Waals surface area (Å²) in [5, 5.41) is 0.388. The Labute approximate surface area is 166 Å². The molecule has 1 N–H and O–H groups in total. The Morgan fingerprint density at radius 1 is 1.22 bits per heavy atom. The number of aryl methyl sites for hydroxylation is 1. The number of nitrogens with one attached hydrogen (secondary N) is 1. The maximum absolute atomic E-state index is 12.5. The molecular weight excluding hydrogens is 390 g/mol. The molecule has 0 radical (unpaired) electrons. The summed E-state index contributed by atoms with van der Waals surface area (Å²) < 4.78 is 32.9. The van der Waals surface area contributed by atoms with Crippen LogP contribution in [-0.4, -0.2) is 69.2 Å². The number of sulfonamides is 1.